The number of aryl methyl sites for hydroxylation is 1. The molecule has 0 unspecified atom stereocenters. The molecule has 9 heteroatoms. The van der Waals surface area contributed by atoms with Crippen molar-refractivity contribution < 1.29 is 22.7 Å². The van der Waals surface area contributed by atoms with Gasteiger partial charge in [-0.1, -0.05) is 6.07 Å². The molecule has 2 aromatic heterocycles. The fraction of sp³-hybridized carbons (Fsp3) is 0.375. The minimum absolute atomic E-state index is 0.0191. The maximum absolute atomic E-state index is 13.4. The first-order valence-corrected chi connectivity index (χ1v) is 12.4. The highest BCUT2D eigenvalue weighted by atomic mass is 32.2. The Morgan fingerprint density at radius 1 is 1.21 bits per heavy atom. The van der Waals surface area contributed by atoms with Crippen LogP contribution in [0.1, 0.15) is 36.9 Å². The first kappa shape index (κ1) is 21.6. The van der Waals surface area contributed by atoms with Crippen molar-refractivity contribution in [3.05, 3.63) is 53.9 Å². The second-order valence-electron chi connectivity index (χ2n) is 8.77. The summed E-state index contributed by atoms with van der Waals surface area (Å²) in [6, 6.07) is 10.0. The molecule has 8 nitrogen and oxygen atoms in total. The van der Waals surface area contributed by atoms with Gasteiger partial charge in [0.05, 0.1) is 35.7 Å². The van der Waals surface area contributed by atoms with Crippen molar-refractivity contribution >= 4 is 26.8 Å². The van der Waals surface area contributed by atoms with Gasteiger partial charge in [-0.3, -0.25) is 9.78 Å². The van der Waals surface area contributed by atoms with Crippen LogP contribution in [0.3, 0.4) is 0 Å². The van der Waals surface area contributed by atoms with Gasteiger partial charge < -0.3 is 9.47 Å². The summed E-state index contributed by atoms with van der Waals surface area (Å²) in [5.74, 6) is 0.763. The standard InChI is InChI=1S/C24H25N3O5S/c1-15-6-9-18-20(26-15)4-3-5-21(18)33(29,30)27-23(28)24(10-11-24)19-12-17(31-2)13-25-22(19)32-14-16-7-8-16/h3-6,9,12-13,16H,7-8,10-11,14H2,1-2H3,(H,27,28). The number of pyridine rings is 2. The zero-order valence-electron chi connectivity index (χ0n) is 18.5. The summed E-state index contributed by atoms with van der Waals surface area (Å²) in [6.07, 6.45) is 4.78. The summed E-state index contributed by atoms with van der Waals surface area (Å²) >= 11 is 0. The van der Waals surface area contributed by atoms with Crippen LogP contribution in [0.4, 0.5) is 0 Å². The average molecular weight is 468 g/mol. The molecule has 5 rings (SSSR count). The van der Waals surface area contributed by atoms with Gasteiger partial charge >= 0.3 is 0 Å². The van der Waals surface area contributed by atoms with Gasteiger partial charge in [-0.2, -0.15) is 0 Å². The maximum atomic E-state index is 13.4. The van der Waals surface area contributed by atoms with Crippen LogP contribution in [0, 0.1) is 12.8 Å². The van der Waals surface area contributed by atoms with E-state index in [4.69, 9.17) is 9.47 Å². The highest BCUT2D eigenvalue weighted by Crippen LogP contribution is 2.52. The van der Waals surface area contributed by atoms with E-state index in [9.17, 15) is 13.2 Å². The Morgan fingerprint density at radius 3 is 2.70 bits per heavy atom. The number of fused-ring (bicyclic) bond motifs is 1. The molecule has 1 aromatic carbocycles. The number of ether oxygens (including phenoxy) is 2. The predicted octanol–water partition coefficient (Wildman–Crippen LogP) is 3.27. The number of rotatable bonds is 8. The van der Waals surface area contributed by atoms with E-state index in [1.165, 1.54) is 13.2 Å². The summed E-state index contributed by atoms with van der Waals surface area (Å²) in [5.41, 5.74) is 0.874. The number of aromatic nitrogens is 2. The van der Waals surface area contributed by atoms with Crippen LogP contribution in [0.15, 0.2) is 47.5 Å². The molecule has 2 saturated carbocycles. The third kappa shape index (κ3) is 4.13. The Morgan fingerprint density at radius 2 is 2.00 bits per heavy atom. The van der Waals surface area contributed by atoms with E-state index in [0.717, 1.165) is 18.5 Å². The monoisotopic (exact) mass is 467 g/mol. The van der Waals surface area contributed by atoms with E-state index in [1.54, 1.807) is 36.5 Å². The smallest absolute Gasteiger partial charge is 0.264 e. The van der Waals surface area contributed by atoms with Crippen molar-refractivity contribution in [3.63, 3.8) is 0 Å². The van der Waals surface area contributed by atoms with Crippen molar-refractivity contribution in [1.82, 2.24) is 14.7 Å². The van der Waals surface area contributed by atoms with E-state index in [0.29, 0.717) is 53.5 Å². The molecule has 0 aliphatic heterocycles. The Labute approximate surface area is 192 Å². The zero-order valence-corrected chi connectivity index (χ0v) is 19.3. The number of amides is 1. The molecule has 172 valence electrons. The Hall–Kier alpha value is -3.20. The number of nitrogens with one attached hydrogen (secondary N) is 1. The molecule has 2 heterocycles. The Balaban J connectivity index is 1.46. The number of benzene rings is 1. The fourth-order valence-corrected chi connectivity index (χ4v) is 5.23. The lowest BCUT2D eigenvalue weighted by Gasteiger charge is -2.20. The number of carbonyl (C=O) groups excluding carboxylic acids is 1. The number of hydrogen-bond donors (Lipinski definition) is 1. The Kier molecular flexibility index (Phi) is 5.23. The average Bonchev–Trinajstić information content (AvgIpc) is 3.71. The van der Waals surface area contributed by atoms with E-state index in [1.807, 2.05) is 6.92 Å². The van der Waals surface area contributed by atoms with Gasteiger partial charge in [-0.15, -0.1) is 0 Å². The van der Waals surface area contributed by atoms with E-state index in [2.05, 4.69) is 14.7 Å². The van der Waals surface area contributed by atoms with Crippen molar-refractivity contribution in [2.75, 3.05) is 13.7 Å². The summed E-state index contributed by atoms with van der Waals surface area (Å²) in [6.45, 7) is 2.37. The van der Waals surface area contributed by atoms with Gasteiger partial charge in [-0.25, -0.2) is 18.1 Å². The quantitative estimate of drug-likeness (QED) is 0.542. The van der Waals surface area contributed by atoms with Crippen LogP contribution in [0.2, 0.25) is 0 Å². The number of sulfonamides is 1. The molecular weight excluding hydrogens is 442 g/mol. The minimum Gasteiger partial charge on any atom is -0.495 e. The number of carbonyl (C=O) groups is 1. The van der Waals surface area contributed by atoms with Gasteiger partial charge in [0, 0.05) is 16.6 Å². The molecule has 0 radical (unpaired) electrons. The first-order valence-electron chi connectivity index (χ1n) is 10.9. The molecule has 1 amide bonds. The number of nitrogens with zero attached hydrogens (tertiary/aromatic N) is 2. The van der Waals surface area contributed by atoms with E-state index in [-0.39, 0.29) is 4.90 Å². The number of methoxy groups -OCH3 is 1. The molecule has 3 aromatic rings. The summed E-state index contributed by atoms with van der Waals surface area (Å²) in [5, 5.41) is 0.463. The summed E-state index contributed by atoms with van der Waals surface area (Å²) in [4.78, 5) is 22.1. The van der Waals surface area contributed by atoms with E-state index >= 15 is 0 Å². The second kappa shape index (κ2) is 7.98. The van der Waals surface area contributed by atoms with Gasteiger partial charge in [0.2, 0.25) is 11.8 Å². The van der Waals surface area contributed by atoms with Gasteiger partial charge in [0.15, 0.2) is 0 Å². The molecule has 0 bridgehead atoms. The van der Waals surface area contributed by atoms with Gasteiger partial charge in [0.1, 0.15) is 5.75 Å². The molecular formula is C24H25N3O5S. The maximum Gasteiger partial charge on any atom is 0.264 e. The molecule has 2 aliphatic carbocycles. The summed E-state index contributed by atoms with van der Waals surface area (Å²) < 4.78 is 40.0. The van der Waals surface area contributed by atoms with Crippen LogP contribution in [-0.4, -0.2) is 38.0 Å². The SMILES string of the molecule is COc1cnc(OCC2CC2)c(C2(C(=O)NS(=O)(=O)c3cccc4nc(C)ccc34)CC2)c1. The molecule has 0 saturated heterocycles. The normalized spacial score (nSPS) is 16.9. The van der Waals surface area contributed by atoms with Crippen LogP contribution in [-0.2, 0) is 20.2 Å². The van der Waals surface area contributed by atoms with E-state index < -0.39 is 21.3 Å². The highest BCUT2D eigenvalue weighted by molar-refractivity contribution is 7.90. The molecule has 0 spiro atoms. The van der Waals surface area contributed by atoms with Crippen molar-refractivity contribution in [2.45, 2.75) is 42.9 Å². The van der Waals surface area contributed by atoms with Crippen LogP contribution >= 0.6 is 0 Å². The zero-order chi connectivity index (χ0) is 23.2. The fourth-order valence-electron chi connectivity index (χ4n) is 3.97. The first-order chi connectivity index (χ1) is 15.8. The van der Waals surface area contributed by atoms with Crippen molar-refractivity contribution in [2.24, 2.45) is 5.92 Å². The largest absolute Gasteiger partial charge is 0.495 e. The lowest BCUT2D eigenvalue weighted by molar-refractivity contribution is -0.121. The second-order valence-corrected chi connectivity index (χ2v) is 10.4. The lowest BCUT2D eigenvalue weighted by Crippen LogP contribution is -2.39. The Bertz CT molecular complexity index is 1350. The highest BCUT2D eigenvalue weighted by Gasteiger charge is 2.54. The lowest BCUT2D eigenvalue weighted by atomic mass is 9.96. The number of hydrogen-bond acceptors (Lipinski definition) is 7. The van der Waals surface area contributed by atoms with Gasteiger partial charge in [0.25, 0.3) is 10.0 Å². The molecule has 1 N–H and O–H groups in total. The minimum atomic E-state index is -4.13. The third-order valence-corrected chi connectivity index (χ3v) is 7.65. The van der Waals surface area contributed by atoms with Crippen LogP contribution in [0.5, 0.6) is 11.6 Å². The molecule has 2 aliphatic rings. The van der Waals surface area contributed by atoms with Crippen LogP contribution < -0.4 is 14.2 Å². The van der Waals surface area contributed by atoms with Crippen molar-refractivity contribution in [3.8, 4) is 11.6 Å². The third-order valence-electron chi connectivity index (χ3n) is 6.26. The van der Waals surface area contributed by atoms with Crippen LogP contribution in [0.25, 0.3) is 10.9 Å². The molecule has 0 atom stereocenters. The van der Waals surface area contributed by atoms with Gasteiger partial charge in [-0.05, 0) is 68.9 Å². The topological polar surface area (TPSA) is 107 Å². The molecule has 33 heavy (non-hydrogen) atoms. The molecule has 2 fully saturated rings. The summed E-state index contributed by atoms with van der Waals surface area (Å²) in [7, 11) is -2.61. The predicted molar refractivity (Wildman–Crippen MR) is 122 cm³/mol. The van der Waals surface area contributed by atoms with Crippen molar-refractivity contribution in [1.29, 1.82) is 0 Å².